The van der Waals surface area contributed by atoms with Crippen molar-refractivity contribution in [1.29, 1.82) is 0 Å². The lowest BCUT2D eigenvalue weighted by Crippen LogP contribution is -2.45. The molecule has 2 heterocycles. The van der Waals surface area contributed by atoms with Gasteiger partial charge >= 0.3 is 11.8 Å². The summed E-state index contributed by atoms with van der Waals surface area (Å²) in [6.45, 7) is 3.82. The number of nitrogens with zero attached hydrogens (tertiary/aromatic N) is 2. The summed E-state index contributed by atoms with van der Waals surface area (Å²) in [6.07, 6.45) is 5.82. The number of piperidine rings is 1. The van der Waals surface area contributed by atoms with Crippen LogP contribution in [-0.2, 0) is 22.6 Å². The van der Waals surface area contributed by atoms with Crippen molar-refractivity contribution >= 4 is 29.1 Å². The molecule has 2 aromatic carbocycles. The van der Waals surface area contributed by atoms with E-state index in [1.54, 1.807) is 12.1 Å². The standard InChI is InChI=1S/C26H33ClN4O2/c1-30-13-5-6-20-16-21(9-12-23(20)30)24(31-14-3-2-4-15-31)18-29-26(33)25(32)28-17-19-7-10-22(27)11-8-19/h7-12,16,24H,2-6,13-15,17-18H2,1H3,(H,28,32)(H,29,33). The molecule has 2 aromatic rings. The summed E-state index contributed by atoms with van der Waals surface area (Å²) < 4.78 is 0. The van der Waals surface area contributed by atoms with Gasteiger partial charge in [-0.15, -0.1) is 0 Å². The summed E-state index contributed by atoms with van der Waals surface area (Å²) in [7, 11) is 2.14. The molecule has 1 atom stereocenters. The normalized spacial score (nSPS) is 17.2. The van der Waals surface area contributed by atoms with Crippen molar-refractivity contribution in [2.24, 2.45) is 0 Å². The Kier molecular flexibility index (Phi) is 7.89. The third kappa shape index (κ3) is 6.06. The fourth-order valence-corrected chi connectivity index (χ4v) is 4.96. The van der Waals surface area contributed by atoms with Crippen LogP contribution in [0.25, 0.3) is 0 Å². The van der Waals surface area contributed by atoms with Crippen molar-refractivity contribution in [3.8, 4) is 0 Å². The van der Waals surface area contributed by atoms with E-state index in [0.29, 0.717) is 11.6 Å². The molecule has 0 radical (unpaired) electrons. The fraction of sp³-hybridized carbons (Fsp3) is 0.462. The van der Waals surface area contributed by atoms with Gasteiger partial charge in [0, 0.05) is 37.4 Å². The van der Waals surface area contributed by atoms with Crippen molar-refractivity contribution < 1.29 is 9.59 Å². The number of carbonyl (C=O) groups excluding carboxylic acids is 2. The van der Waals surface area contributed by atoms with Crippen LogP contribution < -0.4 is 15.5 Å². The highest BCUT2D eigenvalue weighted by Crippen LogP contribution is 2.31. The van der Waals surface area contributed by atoms with Crippen LogP contribution in [-0.4, -0.2) is 49.9 Å². The van der Waals surface area contributed by atoms with Gasteiger partial charge in [0.1, 0.15) is 0 Å². The predicted molar refractivity (Wildman–Crippen MR) is 133 cm³/mol. The summed E-state index contributed by atoms with van der Waals surface area (Å²) in [4.78, 5) is 29.7. The van der Waals surface area contributed by atoms with Crippen molar-refractivity contribution in [1.82, 2.24) is 15.5 Å². The topological polar surface area (TPSA) is 64.7 Å². The maximum absolute atomic E-state index is 12.5. The zero-order valence-corrected chi connectivity index (χ0v) is 20.0. The van der Waals surface area contributed by atoms with Crippen LogP contribution in [0.5, 0.6) is 0 Å². The lowest BCUT2D eigenvalue weighted by Gasteiger charge is -2.36. The molecule has 1 saturated heterocycles. The van der Waals surface area contributed by atoms with Crippen molar-refractivity contribution in [2.45, 2.75) is 44.7 Å². The number of nitrogens with one attached hydrogen (secondary N) is 2. The van der Waals surface area contributed by atoms with Crippen molar-refractivity contribution in [3.63, 3.8) is 0 Å². The largest absolute Gasteiger partial charge is 0.374 e. The molecule has 7 heteroatoms. The number of carbonyl (C=O) groups is 2. The summed E-state index contributed by atoms with van der Waals surface area (Å²) in [5.41, 5.74) is 4.78. The molecule has 6 nitrogen and oxygen atoms in total. The SMILES string of the molecule is CN1CCCc2cc(C(CNC(=O)C(=O)NCc3ccc(Cl)cc3)N3CCCCC3)ccc21. The summed E-state index contributed by atoms with van der Waals surface area (Å²) in [5, 5.41) is 6.22. The number of rotatable bonds is 6. The van der Waals surface area contributed by atoms with Crippen LogP contribution in [0.4, 0.5) is 5.69 Å². The van der Waals surface area contributed by atoms with Gasteiger partial charge in [-0.05, 0) is 73.7 Å². The van der Waals surface area contributed by atoms with Gasteiger partial charge in [-0.2, -0.15) is 0 Å². The highest BCUT2D eigenvalue weighted by atomic mass is 35.5. The van der Waals surface area contributed by atoms with E-state index in [1.165, 1.54) is 36.1 Å². The Bertz CT molecular complexity index is 973. The van der Waals surface area contributed by atoms with E-state index in [2.05, 4.69) is 45.7 Å². The Morgan fingerprint density at radius 3 is 2.42 bits per heavy atom. The number of fused-ring (bicyclic) bond motifs is 1. The average Bonchev–Trinajstić information content (AvgIpc) is 2.84. The first kappa shape index (κ1) is 23.6. The molecule has 2 aliphatic heterocycles. The zero-order chi connectivity index (χ0) is 23.2. The van der Waals surface area contributed by atoms with Gasteiger partial charge in [0.2, 0.25) is 0 Å². The van der Waals surface area contributed by atoms with Crippen molar-refractivity contribution in [2.75, 3.05) is 38.1 Å². The zero-order valence-electron chi connectivity index (χ0n) is 19.3. The Labute approximate surface area is 201 Å². The number of benzene rings is 2. The van der Waals surface area contributed by atoms with E-state index in [4.69, 9.17) is 11.6 Å². The summed E-state index contributed by atoms with van der Waals surface area (Å²) in [6, 6.07) is 14.0. The average molecular weight is 469 g/mol. The first-order valence-electron chi connectivity index (χ1n) is 11.9. The molecule has 2 amide bonds. The van der Waals surface area contributed by atoms with Gasteiger partial charge in [-0.3, -0.25) is 14.5 Å². The van der Waals surface area contributed by atoms with E-state index >= 15 is 0 Å². The number of anilines is 1. The number of hydrogen-bond acceptors (Lipinski definition) is 4. The van der Waals surface area contributed by atoms with E-state index in [1.807, 2.05) is 12.1 Å². The molecule has 2 aliphatic rings. The second-order valence-electron chi connectivity index (χ2n) is 9.04. The highest BCUT2D eigenvalue weighted by Gasteiger charge is 2.25. The van der Waals surface area contributed by atoms with Crippen LogP contribution >= 0.6 is 11.6 Å². The second kappa shape index (κ2) is 11.0. The molecule has 0 aliphatic carbocycles. The Balaban J connectivity index is 1.40. The molecule has 176 valence electrons. The van der Waals surface area contributed by atoms with Crippen LogP contribution in [0.3, 0.4) is 0 Å². The first-order chi connectivity index (χ1) is 16.0. The molecule has 33 heavy (non-hydrogen) atoms. The number of halogens is 1. The predicted octanol–water partition coefficient (Wildman–Crippen LogP) is 3.68. The van der Waals surface area contributed by atoms with E-state index in [-0.39, 0.29) is 12.6 Å². The van der Waals surface area contributed by atoms with Gasteiger partial charge in [0.25, 0.3) is 0 Å². The monoisotopic (exact) mass is 468 g/mol. The lowest BCUT2D eigenvalue weighted by molar-refractivity contribution is -0.139. The molecule has 1 unspecified atom stereocenters. The maximum Gasteiger partial charge on any atom is 0.309 e. The Morgan fingerprint density at radius 1 is 0.939 bits per heavy atom. The van der Waals surface area contributed by atoms with E-state index in [9.17, 15) is 9.59 Å². The third-order valence-electron chi connectivity index (χ3n) is 6.70. The molecule has 0 saturated carbocycles. The van der Waals surface area contributed by atoms with E-state index in [0.717, 1.165) is 38.0 Å². The Hall–Kier alpha value is -2.57. The van der Waals surface area contributed by atoms with E-state index < -0.39 is 11.8 Å². The molecule has 0 spiro atoms. The number of amides is 2. The minimum atomic E-state index is -0.616. The molecule has 2 N–H and O–H groups in total. The van der Waals surface area contributed by atoms with Gasteiger partial charge in [-0.1, -0.05) is 42.3 Å². The second-order valence-corrected chi connectivity index (χ2v) is 9.48. The highest BCUT2D eigenvalue weighted by molar-refractivity contribution is 6.35. The molecule has 0 aromatic heterocycles. The minimum absolute atomic E-state index is 0.0656. The summed E-state index contributed by atoms with van der Waals surface area (Å²) >= 11 is 5.90. The molecular formula is C26H33ClN4O2. The number of hydrogen-bond donors (Lipinski definition) is 2. The lowest BCUT2D eigenvalue weighted by atomic mass is 9.95. The van der Waals surface area contributed by atoms with Gasteiger partial charge < -0.3 is 15.5 Å². The fourth-order valence-electron chi connectivity index (χ4n) is 4.83. The number of aryl methyl sites for hydroxylation is 1. The van der Waals surface area contributed by atoms with Crippen molar-refractivity contribution in [3.05, 3.63) is 64.2 Å². The van der Waals surface area contributed by atoms with Gasteiger partial charge in [0.15, 0.2) is 0 Å². The van der Waals surface area contributed by atoms with Crippen LogP contribution in [0, 0.1) is 0 Å². The van der Waals surface area contributed by atoms with Crippen LogP contribution in [0.1, 0.15) is 48.4 Å². The maximum atomic E-state index is 12.5. The van der Waals surface area contributed by atoms with Gasteiger partial charge in [-0.25, -0.2) is 0 Å². The molecule has 4 rings (SSSR count). The minimum Gasteiger partial charge on any atom is -0.374 e. The molecule has 0 bridgehead atoms. The molecule has 1 fully saturated rings. The van der Waals surface area contributed by atoms with Crippen LogP contribution in [0.2, 0.25) is 5.02 Å². The number of likely N-dealkylation sites (tertiary alicyclic amines) is 1. The summed E-state index contributed by atoms with van der Waals surface area (Å²) in [5.74, 6) is -1.21. The Morgan fingerprint density at radius 2 is 1.67 bits per heavy atom. The molecular weight excluding hydrogens is 436 g/mol. The van der Waals surface area contributed by atoms with Crippen LogP contribution in [0.15, 0.2) is 42.5 Å². The smallest absolute Gasteiger partial charge is 0.309 e. The third-order valence-corrected chi connectivity index (χ3v) is 6.95. The quantitative estimate of drug-likeness (QED) is 0.635. The van der Waals surface area contributed by atoms with Gasteiger partial charge in [0.05, 0.1) is 6.04 Å². The first-order valence-corrected chi connectivity index (χ1v) is 12.3.